The second-order valence-electron chi connectivity index (χ2n) is 6.29. The van der Waals surface area contributed by atoms with Crippen LogP contribution in [0, 0.1) is 0 Å². The molecule has 0 saturated carbocycles. The summed E-state index contributed by atoms with van der Waals surface area (Å²) >= 11 is 0. The number of carboxylic acids is 1. The van der Waals surface area contributed by atoms with Crippen molar-refractivity contribution in [3.63, 3.8) is 0 Å². The lowest BCUT2D eigenvalue weighted by Crippen LogP contribution is -2.33. The van der Waals surface area contributed by atoms with E-state index in [0.717, 1.165) is 0 Å². The zero-order valence-corrected chi connectivity index (χ0v) is 17.0. The van der Waals surface area contributed by atoms with Gasteiger partial charge in [-0.1, -0.05) is 6.07 Å². The molecule has 30 heavy (non-hydrogen) atoms. The van der Waals surface area contributed by atoms with E-state index in [0.29, 0.717) is 30.1 Å². The molecule has 2 aromatic carbocycles. The van der Waals surface area contributed by atoms with Gasteiger partial charge in [-0.2, -0.15) is 5.11 Å². The Morgan fingerprint density at radius 2 is 1.93 bits per heavy atom. The van der Waals surface area contributed by atoms with Gasteiger partial charge in [0.05, 0.1) is 12.8 Å². The van der Waals surface area contributed by atoms with Crippen LogP contribution in [0.1, 0.15) is 15.9 Å². The summed E-state index contributed by atoms with van der Waals surface area (Å²) in [4.78, 5) is 24.5. The van der Waals surface area contributed by atoms with Crippen LogP contribution in [0.2, 0.25) is 0 Å². The maximum Gasteiger partial charge on any atom is 0.409 e. The number of hydrogen-bond donors (Lipinski definition) is 3. The number of amides is 1. The van der Waals surface area contributed by atoms with Crippen molar-refractivity contribution in [2.75, 3.05) is 34.3 Å². The SMILES string of the molecule is CNCCN(C)C(=O)OCc1ccc(N=Nc2ccc(O)c(C(=O)O)c2)c(OC)c1. The number of nitrogens with zero attached hydrogens (tertiary/aromatic N) is 3. The zero-order valence-electron chi connectivity index (χ0n) is 17.0. The summed E-state index contributed by atoms with van der Waals surface area (Å²) < 4.78 is 10.6. The van der Waals surface area contributed by atoms with Crippen molar-refractivity contribution in [3.8, 4) is 11.5 Å². The summed E-state index contributed by atoms with van der Waals surface area (Å²) in [5, 5.41) is 29.6. The van der Waals surface area contributed by atoms with E-state index in [1.165, 1.54) is 30.2 Å². The lowest BCUT2D eigenvalue weighted by atomic mass is 10.2. The third kappa shape index (κ3) is 6.17. The number of carboxylic acid groups (broad SMARTS) is 1. The van der Waals surface area contributed by atoms with Crippen molar-refractivity contribution >= 4 is 23.4 Å². The Kier molecular flexibility index (Phi) is 8.12. The lowest BCUT2D eigenvalue weighted by molar-refractivity contribution is 0.0693. The van der Waals surface area contributed by atoms with Crippen LogP contribution in [0.15, 0.2) is 46.6 Å². The predicted octanol–water partition coefficient (Wildman–Crippen LogP) is 3.30. The second-order valence-corrected chi connectivity index (χ2v) is 6.29. The van der Waals surface area contributed by atoms with E-state index in [9.17, 15) is 14.7 Å². The molecular formula is C20H24N4O6. The number of carbonyl (C=O) groups excluding carboxylic acids is 1. The Balaban J connectivity index is 2.09. The number of methoxy groups -OCH3 is 1. The molecular weight excluding hydrogens is 392 g/mol. The molecule has 2 rings (SSSR count). The van der Waals surface area contributed by atoms with Gasteiger partial charge in [0, 0.05) is 20.1 Å². The summed E-state index contributed by atoms with van der Waals surface area (Å²) in [5.41, 5.74) is 1.10. The first-order valence-corrected chi connectivity index (χ1v) is 9.03. The molecule has 2 aromatic rings. The molecule has 0 aliphatic carbocycles. The molecule has 1 amide bonds. The van der Waals surface area contributed by atoms with Crippen LogP contribution in [-0.4, -0.2) is 61.5 Å². The average Bonchev–Trinajstić information content (AvgIpc) is 2.75. The number of carbonyl (C=O) groups is 2. The molecule has 160 valence electrons. The monoisotopic (exact) mass is 416 g/mol. The van der Waals surface area contributed by atoms with Crippen LogP contribution in [0.25, 0.3) is 0 Å². The van der Waals surface area contributed by atoms with Crippen LogP contribution in [0.4, 0.5) is 16.2 Å². The second kappa shape index (κ2) is 10.8. The molecule has 10 nitrogen and oxygen atoms in total. The number of benzene rings is 2. The molecule has 0 unspecified atom stereocenters. The van der Waals surface area contributed by atoms with E-state index in [-0.39, 0.29) is 23.6 Å². The number of aromatic hydroxyl groups is 1. The third-order valence-electron chi connectivity index (χ3n) is 4.10. The van der Waals surface area contributed by atoms with Crippen LogP contribution in [0.5, 0.6) is 11.5 Å². The fourth-order valence-electron chi connectivity index (χ4n) is 2.39. The van der Waals surface area contributed by atoms with Gasteiger partial charge in [-0.05, 0) is 42.9 Å². The fourth-order valence-corrected chi connectivity index (χ4v) is 2.39. The molecule has 3 N–H and O–H groups in total. The fraction of sp³-hybridized carbons (Fsp3) is 0.300. The van der Waals surface area contributed by atoms with Crippen molar-refractivity contribution in [3.05, 3.63) is 47.5 Å². The van der Waals surface area contributed by atoms with Crippen molar-refractivity contribution in [2.45, 2.75) is 6.61 Å². The molecule has 0 aliphatic heterocycles. The maximum absolute atomic E-state index is 12.0. The van der Waals surface area contributed by atoms with Crippen molar-refractivity contribution < 1.29 is 29.3 Å². The highest BCUT2D eigenvalue weighted by Crippen LogP contribution is 2.31. The summed E-state index contributed by atoms with van der Waals surface area (Å²) in [6, 6.07) is 8.93. The molecule has 0 aromatic heterocycles. The zero-order chi connectivity index (χ0) is 22.1. The number of hydrogen-bond acceptors (Lipinski definition) is 8. The minimum Gasteiger partial charge on any atom is -0.507 e. The molecule has 0 aliphatic rings. The van der Waals surface area contributed by atoms with Gasteiger partial charge in [-0.25, -0.2) is 9.59 Å². The van der Waals surface area contributed by atoms with Gasteiger partial charge in [-0.3, -0.25) is 0 Å². The van der Waals surface area contributed by atoms with Crippen LogP contribution >= 0.6 is 0 Å². The molecule has 0 fully saturated rings. The molecule has 0 heterocycles. The number of azo groups is 1. The van der Waals surface area contributed by atoms with E-state index in [2.05, 4.69) is 15.5 Å². The topological polar surface area (TPSA) is 133 Å². The van der Waals surface area contributed by atoms with Gasteiger partial charge in [0.25, 0.3) is 0 Å². The van der Waals surface area contributed by atoms with Gasteiger partial charge in [0.15, 0.2) is 0 Å². The van der Waals surface area contributed by atoms with E-state index in [1.54, 1.807) is 32.3 Å². The van der Waals surface area contributed by atoms with Gasteiger partial charge in [0.1, 0.15) is 29.4 Å². The number of phenols is 1. The number of nitrogens with one attached hydrogen (secondary N) is 1. The highest BCUT2D eigenvalue weighted by Gasteiger charge is 2.12. The van der Waals surface area contributed by atoms with E-state index < -0.39 is 12.1 Å². The third-order valence-corrected chi connectivity index (χ3v) is 4.10. The van der Waals surface area contributed by atoms with E-state index in [1.807, 2.05) is 0 Å². The molecule has 0 atom stereocenters. The first-order valence-electron chi connectivity index (χ1n) is 9.03. The average molecular weight is 416 g/mol. The molecule has 0 bridgehead atoms. The Hall–Kier alpha value is -3.66. The largest absolute Gasteiger partial charge is 0.507 e. The standard InChI is InChI=1S/C20H24N4O6/c1-21-8-9-24(2)20(28)30-12-13-4-6-16(18(10-13)29-3)23-22-14-5-7-17(25)15(11-14)19(26)27/h4-7,10-11,21,25H,8-9,12H2,1-3H3,(H,26,27). The van der Waals surface area contributed by atoms with Gasteiger partial charge in [-0.15, -0.1) is 5.11 Å². The van der Waals surface area contributed by atoms with Crippen LogP contribution < -0.4 is 10.1 Å². The Bertz CT molecular complexity index is 932. The first-order chi connectivity index (χ1) is 14.3. The Morgan fingerprint density at radius 3 is 2.60 bits per heavy atom. The van der Waals surface area contributed by atoms with Crippen LogP contribution in [0.3, 0.4) is 0 Å². The Labute approximate surface area is 173 Å². The minimum atomic E-state index is -1.27. The predicted molar refractivity (Wildman–Crippen MR) is 109 cm³/mol. The number of ether oxygens (including phenoxy) is 2. The minimum absolute atomic E-state index is 0.0659. The quantitative estimate of drug-likeness (QED) is 0.534. The van der Waals surface area contributed by atoms with Gasteiger partial charge >= 0.3 is 12.1 Å². The van der Waals surface area contributed by atoms with Crippen LogP contribution in [-0.2, 0) is 11.3 Å². The molecule has 0 saturated heterocycles. The van der Waals surface area contributed by atoms with Gasteiger partial charge < -0.3 is 29.9 Å². The normalized spacial score (nSPS) is 10.8. The van der Waals surface area contributed by atoms with E-state index >= 15 is 0 Å². The summed E-state index contributed by atoms with van der Waals surface area (Å²) in [6.07, 6.45) is -0.436. The summed E-state index contributed by atoms with van der Waals surface area (Å²) in [6.45, 7) is 1.25. The smallest absolute Gasteiger partial charge is 0.409 e. The van der Waals surface area contributed by atoms with Crippen molar-refractivity contribution in [1.29, 1.82) is 0 Å². The maximum atomic E-state index is 12.0. The van der Waals surface area contributed by atoms with E-state index in [4.69, 9.17) is 14.6 Å². The molecule has 0 radical (unpaired) electrons. The van der Waals surface area contributed by atoms with Crippen molar-refractivity contribution in [1.82, 2.24) is 10.2 Å². The number of likely N-dealkylation sites (N-methyl/N-ethyl adjacent to an activating group) is 2. The lowest BCUT2D eigenvalue weighted by Gasteiger charge is -2.16. The van der Waals surface area contributed by atoms with Gasteiger partial charge in [0.2, 0.25) is 0 Å². The number of aromatic carboxylic acids is 1. The highest BCUT2D eigenvalue weighted by molar-refractivity contribution is 5.91. The van der Waals surface area contributed by atoms with Crippen molar-refractivity contribution in [2.24, 2.45) is 10.2 Å². The molecule has 0 spiro atoms. The summed E-state index contributed by atoms with van der Waals surface area (Å²) in [7, 11) is 4.93. The number of rotatable bonds is 9. The highest BCUT2D eigenvalue weighted by atomic mass is 16.6. The summed E-state index contributed by atoms with van der Waals surface area (Å²) in [5.74, 6) is -1.21. The first kappa shape index (κ1) is 22.6. The Morgan fingerprint density at radius 1 is 1.17 bits per heavy atom. The molecule has 10 heteroatoms.